The zero-order valence-electron chi connectivity index (χ0n) is 9.13. The number of rotatable bonds is 4. The van der Waals surface area contributed by atoms with Crippen molar-refractivity contribution in [2.24, 2.45) is 11.8 Å². The lowest BCUT2D eigenvalue weighted by atomic mass is 9.96. The first-order valence-corrected chi connectivity index (χ1v) is 4.50. The van der Waals surface area contributed by atoms with Gasteiger partial charge in [-0.2, -0.15) is 13.2 Å². The molecule has 0 amide bonds. The number of hydrogen-bond donors (Lipinski definition) is 0. The summed E-state index contributed by atoms with van der Waals surface area (Å²) < 4.78 is 43.6. The smallest absolute Gasteiger partial charge is 0.422 e. The highest BCUT2D eigenvalue weighted by Gasteiger charge is 2.33. The molecule has 7 heteroatoms. The third-order valence-corrected chi connectivity index (χ3v) is 2.07. The van der Waals surface area contributed by atoms with E-state index in [1.807, 2.05) is 0 Å². The van der Waals surface area contributed by atoms with Crippen LogP contribution in [0.1, 0.15) is 13.8 Å². The summed E-state index contributed by atoms with van der Waals surface area (Å²) in [6, 6.07) is 0. The van der Waals surface area contributed by atoms with E-state index in [4.69, 9.17) is 0 Å². The highest BCUT2D eigenvalue weighted by Crippen LogP contribution is 2.18. The standard InChI is InChI=1S/C9H13F3O4/c1-5(7(13)15-3)6(2)8(14)16-4-9(10,11)12/h5-6H,4H2,1-3H3. The molecule has 0 spiro atoms. The molecule has 0 N–H and O–H groups in total. The van der Waals surface area contributed by atoms with E-state index in [-0.39, 0.29) is 0 Å². The fourth-order valence-corrected chi connectivity index (χ4v) is 0.879. The highest BCUT2D eigenvalue weighted by molar-refractivity contribution is 5.81. The lowest BCUT2D eigenvalue weighted by molar-refractivity contribution is -0.190. The van der Waals surface area contributed by atoms with Gasteiger partial charge in [0.15, 0.2) is 6.61 Å². The van der Waals surface area contributed by atoms with Crippen molar-refractivity contribution in [3.8, 4) is 0 Å². The molecule has 0 fully saturated rings. The monoisotopic (exact) mass is 242 g/mol. The summed E-state index contributed by atoms with van der Waals surface area (Å²) in [7, 11) is 1.13. The number of methoxy groups -OCH3 is 1. The van der Waals surface area contributed by atoms with Crippen molar-refractivity contribution < 1.29 is 32.2 Å². The minimum absolute atomic E-state index is 0.670. The van der Waals surface area contributed by atoms with Gasteiger partial charge in [0.25, 0.3) is 0 Å². The van der Waals surface area contributed by atoms with E-state index in [9.17, 15) is 22.8 Å². The molecule has 16 heavy (non-hydrogen) atoms. The third-order valence-electron chi connectivity index (χ3n) is 2.07. The van der Waals surface area contributed by atoms with Crippen LogP contribution in [0.25, 0.3) is 0 Å². The van der Waals surface area contributed by atoms with Crippen LogP contribution < -0.4 is 0 Å². The first-order chi connectivity index (χ1) is 7.19. The van der Waals surface area contributed by atoms with Crippen molar-refractivity contribution in [3.05, 3.63) is 0 Å². The van der Waals surface area contributed by atoms with Gasteiger partial charge in [-0.25, -0.2) is 0 Å². The third kappa shape index (κ3) is 4.99. The van der Waals surface area contributed by atoms with Crippen molar-refractivity contribution in [2.45, 2.75) is 20.0 Å². The highest BCUT2D eigenvalue weighted by atomic mass is 19.4. The van der Waals surface area contributed by atoms with Gasteiger partial charge in [-0.3, -0.25) is 9.59 Å². The molecule has 2 atom stereocenters. The average Bonchev–Trinajstić information content (AvgIpc) is 2.21. The molecule has 0 bridgehead atoms. The van der Waals surface area contributed by atoms with E-state index in [1.165, 1.54) is 13.8 Å². The Bertz CT molecular complexity index is 262. The molecule has 0 aromatic rings. The molecule has 0 aliphatic carbocycles. The normalized spacial score (nSPS) is 15.1. The van der Waals surface area contributed by atoms with Gasteiger partial charge in [-0.15, -0.1) is 0 Å². The van der Waals surface area contributed by atoms with Crippen molar-refractivity contribution in [2.75, 3.05) is 13.7 Å². The Kier molecular flexibility index (Phi) is 5.26. The summed E-state index contributed by atoms with van der Waals surface area (Å²) in [4.78, 5) is 22.1. The van der Waals surface area contributed by atoms with Crippen LogP contribution in [0.15, 0.2) is 0 Å². The summed E-state index contributed by atoms with van der Waals surface area (Å²) in [6.45, 7) is 1.04. The summed E-state index contributed by atoms with van der Waals surface area (Å²) in [5.74, 6) is -3.56. The second kappa shape index (κ2) is 5.72. The first kappa shape index (κ1) is 14.7. The molecule has 0 heterocycles. The molecule has 0 aromatic carbocycles. The Morgan fingerprint density at radius 1 is 1.12 bits per heavy atom. The first-order valence-electron chi connectivity index (χ1n) is 4.50. The second-order valence-corrected chi connectivity index (χ2v) is 3.32. The maximum atomic E-state index is 11.7. The van der Waals surface area contributed by atoms with Crippen molar-refractivity contribution in [3.63, 3.8) is 0 Å². The number of hydrogen-bond acceptors (Lipinski definition) is 4. The van der Waals surface area contributed by atoms with Gasteiger partial charge in [0.1, 0.15) is 0 Å². The van der Waals surface area contributed by atoms with E-state index in [2.05, 4.69) is 9.47 Å². The number of halogens is 3. The Balaban J connectivity index is 4.24. The molecule has 4 nitrogen and oxygen atoms in total. The van der Waals surface area contributed by atoms with Crippen LogP contribution in [0.3, 0.4) is 0 Å². The fraction of sp³-hybridized carbons (Fsp3) is 0.778. The van der Waals surface area contributed by atoms with Crippen LogP contribution in [0.5, 0.6) is 0 Å². The molecule has 0 saturated carbocycles. The van der Waals surface area contributed by atoms with Crippen LogP contribution in [0.2, 0.25) is 0 Å². The Morgan fingerprint density at radius 3 is 1.94 bits per heavy atom. The Hall–Kier alpha value is -1.27. The summed E-state index contributed by atoms with van der Waals surface area (Å²) >= 11 is 0. The van der Waals surface area contributed by atoms with Crippen LogP contribution in [-0.2, 0) is 19.1 Å². The molecule has 0 aliphatic rings. The van der Waals surface area contributed by atoms with Gasteiger partial charge >= 0.3 is 18.1 Å². The lowest BCUT2D eigenvalue weighted by Gasteiger charge is -2.17. The summed E-state index contributed by atoms with van der Waals surface area (Å²) in [5, 5.41) is 0. The predicted octanol–water partition coefficient (Wildman–Crippen LogP) is 1.54. The van der Waals surface area contributed by atoms with Crippen molar-refractivity contribution >= 4 is 11.9 Å². The molecule has 94 valence electrons. The molecule has 2 unspecified atom stereocenters. The van der Waals surface area contributed by atoms with Crippen LogP contribution in [0.4, 0.5) is 13.2 Å². The Morgan fingerprint density at radius 2 is 1.56 bits per heavy atom. The van der Waals surface area contributed by atoms with Gasteiger partial charge in [0.05, 0.1) is 18.9 Å². The maximum absolute atomic E-state index is 11.7. The predicted molar refractivity (Wildman–Crippen MR) is 47.4 cm³/mol. The van der Waals surface area contributed by atoms with E-state index in [0.717, 1.165) is 7.11 Å². The molecular formula is C9H13F3O4. The molecule has 0 rings (SSSR count). The minimum Gasteiger partial charge on any atom is -0.469 e. The molecule has 0 saturated heterocycles. The lowest BCUT2D eigenvalue weighted by Crippen LogP contribution is -2.30. The van der Waals surface area contributed by atoms with E-state index < -0.39 is 36.6 Å². The largest absolute Gasteiger partial charge is 0.469 e. The number of esters is 2. The quantitative estimate of drug-likeness (QED) is 0.701. The van der Waals surface area contributed by atoms with Gasteiger partial charge < -0.3 is 9.47 Å². The van der Waals surface area contributed by atoms with Crippen molar-refractivity contribution in [1.82, 2.24) is 0 Å². The van der Waals surface area contributed by atoms with E-state index in [0.29, 0.717) is 0 Å². The van der Waals surface area contributed by atoms with Crippen LogP contribution in [-0.4, -0.2) is 31.8 Å². The number of alkyl halides is 3. The van der Waals surface area contributed by atoms with E-state index >= 15 is 0 Å². The van der Waals surface area contributed by atoms with Gasteiger partial charge in [0.2, 0.25) is 0 Å². The zero-order valence-corrected chi connectivity index (χ0v) is 9.13. The average molecular weight is 242 g/mol. The van der Waals surface area contributed by atoms with Crippen LogP contribution >= 0.6 is 0 Å². The maximum Gasteiger partial charge on any atom is 0.422 e. The van der Waals surface area contributed by atoms with Crippen LogP contribution in [0, 0.1) is 11.8 Å². The summed E-state index contributed by atoms with van der Waals surface area (Å²) in [6.07, 6.45) is -4.57. The van der Waals surface area contributed by atoms with Gasteiger partial charge in [-0.1, -0.05) is 13.8 Å². The fourth-order valence-electron chi connectivity index (χ4n) is 0.879. The minimum atomic E-state index is -4.57. The second-order valence-electron chi connectivity index (χ2n) is 3.32. The number of ether oxygens (including phenoxy) is 2. The molecule has 0 aromatic heterocycles. The zero-order chi connectivity index (χ0) is 12.9. The number of carbonyl (C=O) groups excluding carboxylic acids is 2. The number of carbonyl (C=O) groups is 2. The molecule has 0 aliphatic heterocycles. The van der Waals surface area contributed by atoms with E-state index in [1.54, 1.807) is 0 Å². The Labute approximate surface area is 90.7 Å². The molecule has 0 radical (unpaired) electrons. The SMILES string of the molecule is COC(=O)C(C)C(C)C(=O)OCC(F)(F)F. The topological polar surface area (TPSA) is 52.6 Å². The summed E-state index contributed by atoms with van der Waals surface area (Å²) in [5.41, 5.74) is 0. The van der Waals surface area contributed by atoms with Crippen molar-refractivity contribution in [1.29, 1.82) is 0 Å². The van der Waals surface area contributed by atoms with Gasteiger partial charge in [0, 0.05) is 0 Å². The molecular weight excluding hydrogens is 229 g/mol. The van der Waals surface area contributed by atoms with Gasteiger partial charge in [-0.05, 0) is 0 Å².